The highest BCUT2D eigenvalue weighted by Gasteiger charge is 2.34. The number of benzene rings is 1. The van der Waals surface area contributed by atoms with Gasteiger partial charge >= 0.3 is 0 Å². The minimum Gasteiger partial charge on any atom is -0.496 e. The van der Waals surface area contributed by atoms with Crippen molar-refractivity contribution in [2.45, 2.75) is 5.41 Å². The molecule has 0 aliphatic heterocycles. The number of hydrogen-bond acceptors (Lipinski definition) is 4. The zero-order valence-corrected chi connectivity index (χ0v) is 11.9. The second-order valence-corrected chi connectivity index (χ2v) is 4.70. The third kappa shape index (κ3) is 2.32. The molecule has 0 aromatic heterocycles. The molecular formula is C11H16O4Si. The van der Waals surface area contributed by atoms with Crippen LogP contribution in [-0.4, -0.2) is 42.8 Å². The van der Waals surface area contributed by atoms with E-state index >= 15 is 0 Å². The Morgan fingerprint density at radius 2 is 1.75 bits per heavy atom. The molecule has 5 heteroatoms. The molecule has 0 spiro atoms. The van der Waals surface area contributed by atoms with Crippen LogP contribution in [0.4, 0.5) is 0 Å². The van der Waals surface area contributed by atoms with Crippen molar-refractivity contribution in [1.82, 2.24) is 0 Å². The number of hydrogen-bond donors (Lipinski definition) is 0. The molecular weight excluding hydrogens is 224 g/mol. The van der Waals surface area contributed by atoms with Gasteiger partial charge in [0.05, 0.1) is 22.9 Å². The van der Waals surface area contributed by atoms with Crippen molar-refractivity contribution in [3.8, 4) is 5.75 Å². The van der Waals surface area contributed by atoms with Gasteiger partial charge in [-0.1, -0.05) is 12.1 Å². The van der Waals surface area contributed by atoms with Gasteiger partial charge in [0, 0.05) is 14.2 Å². The lowest BCUT2D eigenvalue weighted by Gasteiger charge is -2.25. The lowest BCUT2D eigenvalue weighted by molar-refractivity contribution is -0.109. The molecule has 88 valence electrons. The molecule has 0 bridgehead atoms. The minimum absolute atomic E-state index is 0.207. The van der Waals surface area contributed by atoms with Crippen LogP contribution in [0.15, 0.2) is 24.3 Å². The Hall–Kier alpha value is -1.17. The SMILES string of the molecule is COc1ccccc1C(=O)C([SiH3])(OC)OC. The summed E-state index contributed by atoms with van der Waals surface area (Å²) in [7, 11) is 4.89. The molecule has 4 nitrogen and oxygen atoms in total. The van der Waals surface area contributed by atoms with E-state index in [9.17, 15) is 4.79 Å². The number of carbonyl (C=O) groups is 1. The summed E-state index contributed by atoms with van der Waals surface area (Å²) >= 11 is 0. The van der Waals surface area contributed by atoms with Crippen LogP contribution < -0.4 is 4.74 Å². The number of para-hydroxylation sites is 1. The first-order chi connectivity index (χ1) is 7.59. The molecule has 0 N–H and O–H groups in total. The summed E-state index contributed by atoms with van der Waals surface area (Å²) in [4.78, 5) is 12.2. The standard InChI is InChI=1S/C11H16O4Si/c1-13-9-7-5-4-6-8(9)10(12)11(16,14-2)15-3/h4-7H,1-3,16H3. The first kappa shape index (κ1) is 12.9. The van der Waals surface area contributed by atoms with E-state index in [1.54, 1.807) is 18.2 Å². The summed E-state index contributed by atoms with van der Waals surface area (Å²) < 4.78 is 15.4. The molecule has 0 saturated carbocycles. The third-order valence-electron chi connectivity index (χ3n) is 2.54. The third-order valence-corrected chi connectivity index (χ3v) is 3.81. The predicted octanol–water partition coefficient (Wildman–Crippen LogP) is 0.190. The first-order valence-corrected chi connectivity index (χ1v) is 5.87. The number of Topliss-reactive ketones (excluding diaryl/α,β-unsaturated/α-hetero) is 1. The van der Waals surface area contributed by atoms with Crippen LogP contribution in [0.2, 0.25) is 0 Å². The maximum Gasteiger partial charge on any atom is 0.220 e. The fraction of sp³-hybridized carbons (Fsp3) is 0.364. The number of carbonyl (C=O) groups excluding carboxylic acids is 1. The zero-order valence-electron chi connectivity index (χ0n) is 9.94. The second kappa shape index (κ2) is 5.24. The smallest absolute Gasteiger partial charge is 0.220 e. The lowest BCUT2D eigenvalue weighted by Crippen LogP contribution is -2.43. The van der Waals surface area contributed by atoms with Gasteiger partial charge in [-0.05, 0) is 12.1 Å². The molecule has 1 rings (SSSR count). The van der Waals surface area contributed by atoms with Crippen LogP contribution in [0.25, 0.3) is 0 Å². The molecule has 0 unspecified atom stereocenters. The maximum absolute atomic E-state index is 12.2. The molecule has 0 fully saturated rings. The van der Waals surface area contributed by atoms with E-state index in [0.717, 1.165) is 0 Å². The van der Waals surface area contributed by atoms with Crippen LogP contribution in [0.3, 0.4) is 0 Å². The normalized spacial score (nSPS) is 11.4. The molecule has 0 radical (unpaired) electrons. The van der Waals surface area contributed by atoms with Crippen LogP contribution >= 0.6 is 0 Å². The van der Waals surface area contributed by atoms with Crippen molar-refractivity contribution in [2.24, 2.45) is 0 Å². The Morgan fingerprint density at radius 1 is 1.19 bits per heavy atom. The minimum atomic E-state index is -1.14. The molecule has 0 amide bonds. The maximum atomic E-state index is 12.2. The summed E-state index contributed by atoms with van der Waals surface area (Å²) in [6.07, 6.45) is 0. The Balaban J connectivity index is 3.13. The Labute approximate surface area is 97.9 Å². The number of ketones is 1. The van der Waals surface area contributed by atoms with E-state index in [4.69, 9.17) is 14.2 Å². The van der Waals surface area contributed by atoms with Crippen LogP contribution in [0.1, 0.15) is 10.4 Å². The Morgan fingerprint density at radius 3 is 2.25 bits per heavy atom. The average molecular weight is 240 g/mol. The monoisotopic (exact) mass is 240 g/mol. The highest BCUT2D eigenvalue weighted by atomic mass is 28.1. The van der Waals surface area contributed by atoms with E-state index in [1.165, 1.54) is 21.3 Å². The fourth-order valence-corrected chi connectivity index (χ4v) is 1.61. The summed E-state index contributed by atoms with van der Waals surface area (Å²) in [6.45, 7) is 0. The molecule has 0 heterocycles. The van der Waals surface area contributed by atoms with Crippen LogP contribution in [0.5, 0.6) is 5.75 Å². The Kier molecular flexibility index (Phi) is 4.23. The zero-order chi connectivity index (χ0) is 12.2. The van der Waals surface area contributed by atoms with Gasteiger partial charge in [-0.25, -0.2) is 0 Å². The van der Waals surface area contributed by atoms with Gasteiger partial charge in [-0.3, -0.25) is 4.79 Å². The van der Waals surface area contributed by atoms with Gasteiger partial charge in [0.15, 0.2) is 0 Å². The summed E-state index contributed by atoms with van der Waals surface area (Å²) in [6, 6.07) is 7.03. The van der Waals surface area contributed by atoms with Crippen molar-refractivity contribution >= 4 is 16.0 Å². The van der Waals surface area contributed by atoms with Crippen molar-refractivity contribution < 1.29 is 19.0 Å². The quantitative estimate of drug-likeness (QED) is 0.419. The number of ether oxygens (including phenoxy) is 3. The molecule has 0 saturated heterocycles. The van der Waals surface area contributed by atoms with Crippen molar-refractivity contribution in [2.75, 3.05) is 21.3 Å². The summed E-state index contributed by atoms with van der Waals surface area (Å²) in [5.74, 6) is 0.323. The van der Waals surface area contributed by atoms with E-state index in [0.29, 0.717) is 21.6 Å². The topological polar surface area (TPSA) is 44.8 Å². The van der Waals surface area contributed by atoms with Crippen molar-refractivity contribution in [3.05, 3.63) is 29.8 Å². The van der Waals surface area contributed by atoms with Gasteiger partial charge < -0.3 is 14.2 Å². The van der Waals surface area contributed by atoms with Crippen molar-refractivity contribution in [1.29, 1.82) is 0 Å². The predicted molar refractivity (Wildman–Crippen MR) is 64.0 cm³/mol. The van der Waals surface area contributed by atoms with E-state index in [-0.39, 0.29) is 5.78 Å². The van der Waals surface area contributed by atoms with Gasteiger partial charge in [0.25, 0.3) is 0 Å². The van der Waals surface area contributed by atoms with Crippen molar-refractivity contribution in [3.63, 3.8) is 0 Å². The summed E-state index contributed by atoms with van der Waals surface area (Å²) in [5.41, 5.74) is -0.669. The van der Waals surface area contributed by atoms with Gasteiger partial charge in [0.1, 0.15) is 5.75 Å². The highest BCUT2D eigenvalue weighted by Crippen LogP contribution is 2.23. The largest absolute Gasteiger partial charge is 0.496 e. The highest BCUT2D eigenvalue weighted by molar-refractivity contribution is 6.30. The Bertz CT molecular complexity index is 374. The number of rotatable bonds is 5. The molecule has 1 aromatic carbocycles. The van der Waals surface area contributed by atoms with Gasteiger partial charge in [-0.2, -0.15) is 0 Å². The number of methoxy groups -OCH3 is 3. The molecule has 1 aromatic rings. The van der Waals surface area contributed by atoms with Gasteiger partial charge in [-0.15, -0.1) is 0 Å². The van der Waals surface area contributed by atoms with E-state index in [1.807, 2.05) is 6.07 Å². The van der Waals surface area contributed by atoms with Crippen LogP contribution in [-0.2, 0) is 9.47 Å². The molecule has 16 heavy (non-hydrogen) atoms. The van der Waals surface area contributed by atoms with Gasteiger partial charge in [0.2, 0.25) is 11.2 Å². The molecule has 0 aliphatic rings. The fourth-order valence-electron chi connectivity index (χ4n) is 1.35. The second-order valence-electron chi connectivity index (χ2n) is 3.38. The molecule has 0 atom stereocenters. The molecule has 0 aliphatic carbocycles. The average Bonchev–Trinajstić information content (AvgIpc) is 2.36. The van der Waals surface area contributed by atoms with Crippen LogP contribution in [0, 0.1) is 0 Å². The first-order valence-electron chi connectivity index (χ1n) is 4.87. The van der Waals surface area contributed by atoms with E-state index in [2.05, 4.69) is 0 Å². The van der Waals surface area contributed by atoms with E-state index < -0.39 is 5.41 Å². The lowest BCUT2D eigenvalue weighted by atomic mass is 10.1. The summed E-state index contributed by atoms with van der Waals surface area (Å²) in [5, 5.41) is 0.